The summed E-state index contributed by atoms with van der Waals surface area (Å²) in [5, 5.41) is 12.1. The molecule has 0 radical (unpaired) electrons. The van der Waals surface area contributed by atoms with Gasteiger partial charge in [-0.05, 0) is 55.9 Å². The molecule has 0 unspecified atom stereocenters. The van der Waals surface area contributed by atoms with Crippen LogP contribution in [0.1, 0.15) is 48.9 Å². The first-order valence-electron chi connectivity index (χ1n) is 13.1. The Hall–Kier alpha value is -2.71. The van der Waals surface area contributed by atoms with Gasteiger partial charge in [0.2, 0.25) is 0 Å². The van der Waals surface area contributed by atoms with Crippen molar-refractivity contribution in [1.29, 1.82) is 0 Å². The standard InChI is InChI=1S/C28H35F2N5O/c1-18-12-23-21(6-7-25-24(23)14-31-33-25)27(35(18)17-28(30)8-9-28)22-5-4-19(13-26(22)36-2)32-20-15-34(16-20)11-3-10-29/h4-7,13-14,18,20,27,32H,3,8-12,15-17H2,1-2H3,(H,31,33)/t18-,27+/m1/s1. The van der Waals surface area contributed by atoms with Crippen molar-refractivity contribution in [3.63, 3.8) is 0 Å². The van der Waals surface area contributed by atoms with E-state index in [1.165, 1.54) is 11.1 Å². The number of rotatable bonds is 9. The molecule has 1 saturated carbocycles. The summed E-state index contributed by atoms with van der Waals surface area (Å²) in [5.74, 6) is 0.805. The Bertz CT molecular complexity index is 1240. The number of nitrogens with zero attached hydrogens (tertiary/aromatic N) is 3. The number of ether oxygens (including phenoxy) is 1. The van der Waals surface area contributed by atoms with Gasteiger partial charge < -0.3 is 10.1 Å². The molecule has 6 nitrogen and oxygen atoms in total. The lowest BCUT2D eigenvalue weighted by Crippen LogP contribution is -2.54. The van der Waals surface area contributed by atoms with Gasteiger partial charge in [-0.1, -0.05) is 12.1 Å². The van der Waals surface area contributed by atoms with Crippen LogP contribution in [0.25, 0.3) is 10.9 Å². The van der Waals surface area contributed by atoms with E-state index >= 15 is 4.39 Å². The SMILES string of the molecule is COc1cc(NC2CN(CCCF)C2)ccc1[C@@H]1c2ccc3[nH]ncc3c2C[C@@H](C)N1CC1(F)CC1. The Morgan fingerprint density at radius 1 is 1.19 bits per heavy atom. The average molecular weight is 496 g/mol. The maximum Gasteiger partial charge on any atom is 0.126 e. The number of alkyl halides is 2. The number of aromatic nitrogens is 2. The van der Waals surface area contributed by atoms with E-state index < -0.39 is 5.67 Å². The molecule has 0 amide bonds. The van der Waals surface area contributed by atoms with Crippen molar-refractivity contribution in [3.05, 3.63) is 53.2 Å². The number of fused-ring (bicyclic) bond motifs is 3. The van der Waals surface area contributed by atoms with Gasteiger partial charge in [-0.15, -0.1) is 0 Å². The minimum absolute atomic E-state index is 0.0971. The molecular formula is C28H35F2N5O. The number of aromatic amines is 1. The summed E-state index contributed by atoms with van der Waals surface area (Å²) < 4.78 is 33.5. The van der Waals surface area contributed by atoms with Crippen LogP contribution >= 0.6 is 0 Å². The minimum atomic E-state index is -1.09. The van der Waals surface area contributed by atoms with Crippen LogP contribution in [0.15, 0.2) is 36.5 Å². The molecule has 8 heteroatoms. The second-order valence-corrected chi connectivity index (χ2v) is 10.8. The number of methoxy groups -OCH3 is 1. The molecule has 3 heterocycles. The van der Waals surface area contributed by atoms with Crippen molar-refractivity contribution in [2.75, 3.05) is 45.3 Å². The van der Waals surface area contributed by atoms with Crippen LogP contribution in [0.3, 0.4) is 0 Å². The number of anilines is 1. The van der Waals surface area contributed by atoms with E-state index in [9.17, 15) is 4.39 Å². The van der Waals surface area contributed by atoms with Crippen molar-refractivity contribution < 1.29 is 13.5 Å². The quantitative estimate of drug-likeness (QED) is 0.444. The minimum Gasteiger partial charge on any atom is -0.496 e. The summed E-state index contributed by atoms with van der Waals surface area (Å²) in [6, 6.07) is 11.0. The summed E-state index contributed by atoms with van der Waals surface area (Å²) in [6.07, 6.45) is 4.64. The summed E-state index contributed by atoms with van der Waals surface area (Å²) in [7, 11) is 1.71. The molecule has 192 valence electrons. The van der Waals surface area contributed by atoms with E-state index in [0.717, 1.165) is 54.0 Å². The van der Waals surface area contributed by atoms with E-state index in [1.807, 2.05) is 6.20 Å². The second-order valence-electron chi connectivity index (χ2n) is 10.8. The Labute approximate surface area is 211 Å². The lowest BCUT2D eigenvalue weighted by atomic mass is 9.83. The fourth-order valence-corrected chi connectivity index (χ4v) is 6.03. The van der Waals surface area contributed by atoms with Gasteiger partial charge in [0.1, 0.15) is 11.4 Å². The lowest BCUT2D eigenvalue weighted by molar-refractivity contribution is 0.0974. The maximum atomic E-state index is 15.1. The highest BCUT2D eigenvalue weighted by Crippen LogP contribution is 2.48. The molecule has 3 aromatic rings. The van der Waals surface area contributed by atoms with E-state index in [4.69, 9.17) is 4.74 Å². The van der Waals surface area contributed by atoms with Crippen LogP contribution in [-0.2, 0) is 6.42 Å². The summed E-state index contributed by atoms with van der Waals surface area (Å²) >= 11 is 0. The number of benzene rings is 2. The highest BCUT2D eigenvalue weighted by molar-refractivity contribution is 5.83. The average Bonchev–Trinajstić information content (AvgIpc) is 3.37. The zero-order valence-corrected chi connectivity index (χ0v) is 21.1. The fourth-order valence-electron chi connectivity index (χ4n) is 6.03. The van der Waals surface area contributed by atoms with Gasteiger partial charge >= 0.3 is 0 Å². The first-order valence-corrected chi connectivity index (χ1v) is 13.1. The molecule has 2 fully saturated rings. The van der Waals surface area contributed by atoms with Crippen LogP contribution in [0.4, 0.5) is 14.5 Å². The normalized spacial score (nSPS) is 23.9. The third-order valence-electron chi connectivity index (χ3n) is 8.19. The van der Waals surface area contributed by atoms with Crippen LogP contribution < -0.4 is 10.1 Å². The maximum absolute atomic E-state index is 15.1. The number of H-pyrrole nitrogens is 1. The van der Waals surface area contributed by atoms with Gasteiger partial charge in [0.05, 0.1) is 37.6 Å². The Morgan fingerprint density at radius 2 is 2.00 bits per heavy atom. The lowest BCUT2D eigenvalue weighted by Gasteiger charge is -2.43. The van der Waals surface area contributed by atoms with Crippen LogP contribution in [0.5, 0.6) is 5.75 Å². The molecule has 1 aromatic heterocycles. The van der Waals surface area contributed by atoms with Crippen LogP contribution in [0, 0.1) is 0 Å². The summed E-state index contributed by atoms with van der Waals surface area (Å²) in [4.78, 5) is 4.60. The van der Waals surface area contributed by atoms with Gasteiger partial charge in [-0.2, -0.15) is 5.10 Å². The molecule has 1 saturated heterocycles. The molecule has 2 atom stereocenters. The second kappa shape index (κ2) is 9.30. The van der Waals surface area contributed by atoms with Gasteiger partial charge in [0, 0.05) is 54.9 Å². The third-order valence-corrected chi connectivity index (χ3v) is 8.19. The first-order chi connectivity index (χ1) is 17.5. The zero-order valence-electron chi connectivity index (χ0n) is 21.1. The number of likely N-dealkylation sites (tertiary alicyclic amines) is 1. The van der Waals surface area contributed by atoms with Gasteiger partial charge in [-0.3, -0.25) is 19.3 Å². The molecule has 2 N–H and O–H groups in total. The number of nitrogens with one attached hydrogen (secondary N) is 2. The highest BCUT2D eigenvalue weighted by Gasteiger charge is 2.48. The van der Waals surface area contributed by atoms with Crippen molar-refractivity contribution in [2.45, 2.75) is 56.4 Å². The Balaban J connectivity index is 1.32. The summed E-state index contributed by atoms with van der Waals surface area (Å²) in [6.45, 7) is 5.03. The molecule has 6 rings (SSSR count). The van der Waals surface area contributed by atoms with Gasteiger partial charge in [0.25, 0.3) is 0 Å². The van der Waals surface area contributed by atoms with Crippen molar-refractivity contribution in [3.8, 4) is 5.75 Å². The molecule has 2 aliphatic heterocycles. The van der Waals surface area contributed by atoms with E-state index in [0.29, 0.717) is 31.8 Å². The number of hydrogen-bond donors (Lipinski definition) is 2. The predicted molar refractivity (Wildman–Crippen MR) is 138 cm³/mol. The molecule has 2 aromatic carbocycles. The number of halogens is 2. The number of hydrogen-bond acceptors (Lipinski definition) is 5. The highest BCUT2D eigenvalue weighted by atomic mass is 19.1. The molecule has 1 aliphatic carbocycles. The van der Waals surface area contributed by atoms with Crippen LogP contribution in [-0.4, -0.2) is 77.7 Å². The molecule has 0 spiro atoms. The van der Waals surface area contributed by atoms with E-state index in [1.54, 1.807) is 7.11 Å². The monoisotopic (exact) mass is 495 g/mol. The van der Waals surface area contributed by atoms with E-state index in [-0.39, 0.29) is 18.8 Å². The van der Waals surface area contributed by atoms with Crippen molar-refractivity contribution in [1.82, 2.24) is 20.0 Å². The third kappa shape index (κ3) is 4.34. The zero-order chi connectivity index (χ0) is 24.9. The van der Waals surface area contributed by atoms with Gasteiger partial charge in [0.15, 0.2) is 0 Å². The van der Waals surface area contributed by atoms with Crippen LogP contribution in [0.2, 0.25) is 0 Å². The predicted octanol–water partition coefficient (Wildman–Crippen LogP) is 4.87. The largest absolute Gasteiger partial charge is 0.496 e. The fraction of sp³-hybridized carbons (Fsp3) is 0.536. The van der Waals surface area contributed by atoms with Crippen molar-refractivity contribution in [2.24, 2.45) is 0 Å². The molecule has 3 aliphatic rings. The van der Waals surface area contributed by atoms with E-state index in [2.05, 4.69) is 62.6 Å². The van der Waals surface area contributed by atoms with Gasteiger partial charge in [-0.25, -0.2) is 4.39 Å². The summed E-state index contributed by atoms with van der Waals surface area (Å²) in [5.41, 5.74) is 4.50. The molecule has 36 heavy (non-hydrogen) atoms. The molecular weight excluding hydrogens is 460 g/mol. The topological polar surface area (TPSA) is 56.4 Å². The van der Waals surface area contributed by atoms with Crippen molar-refractivity contribution >= 4 is 16.6 Å². The first kappa shape index (κ1) is 23.7. The molecule has 0 bridgehead atoms. The smallest absolute Gasteiger partial charge is 0.126 e. The Morgan fingerprint density at radius 3 is 2.75 bits per heavy atom. The Kier molecular flexibility index (Phi) is 6.12.